The maximum Gasteiger partial charge on any atom is 0.437 e. The average molecular weight is 640 g/mol. The van der Waals surface area contributed by atoms with Crippen molar-refractivity contribution in [1.82, 2.24) is 14.9 Å². The molecule has 2 saturated heterocycles. The van der Waals surface area contributed by atoms with Crippen LogP contribution in [0.1, 0.15) is 78.2 Å². The number of amides is 1. The minimum Gasteiger partial charge on any atom is -0.420 e. The van der Waals surface area contributed by atoms with Crippen LogP contribution < -0.4 is 9.80 Å². The number of aliphatic hydroxyl groups is 1. The van der Waals surface area contributed by atoms with Gasteiger partial charge < -0.3 is 24.2 Å². The summed E-state index contributed by atoms with van der Waals surface area (Å²) in [5, 5.41) is 10.6. The molecule has 0 bridgehead atoms. The van der Waals surface area contributed by atoms with Gasteiger partial charge in [0.05, 0.1) is 0 Å². The number of halogens is 3. The van der Waals surface area contributed by atoms with Gasteiger partial charge in [-0.2, -0.15) is 18.2 Å². The minimum absolute atomic E-state index is 0.0319. The summed E-state index contributed by atoms with van der Waals surface area (Å²) in [6.07, 6.45) is 1.87. The van der Waals surface area contributed by atoms with Crippen LogP contribution in [0.3, 0.4) is 0 Å². The number of alkyl halides is 3. The number of carbonyl (C=O) groups excluding carboxylic acids is 2. The highest BCUT2D eigenvalue weighted by Crippen LogP contribution is 2.37. The van der Waals surface area contributed by atoms with E-state index in [1.807, 2.05) is 23.1 Å². The molecule has 46 heavy (non-hydrogen) atoms. The quantitative estimate of drug-likeness (QED) is 0.323. The highest BCUT2D eigenvalue weighted by molar-refractivity contribution is 5.96. The number of nitrogens with zero attached hydrogens (tertiary/aromatic N) is 5. The highest BCUT2D eigenvalue weighted by Gasteiger charge is 2.42. The van der Waals surface area contributed by atoms with Crippen molar-refractivity contribution >= 4 is 23.5 Å². The number of Topliss-reactive ketones (excluding diaryl/α,β-unsaturated/α-hetero) is 1. The van der Waals surface area contributed by atoms with Crippen molar-refractivity contribution in [2.24, 2.45) is 5.92 Å². The number of aliphatic hydroxyl groups excluding tert-OH is 1. The van der Waals surface area contributed by atoms with E-state index in [4.69, 9.17) is 4.42 Å². The monoisotopic (exact) mass is 639 g/mol. The molecule has 1 saturated carbocycles. The van der Waals surface area contributed by atoms with Crippen molar-refractivity contribution in [3.05, 3.63) is 71.2 Å². The molecule has 2 aromatic heterocycles. The van der Waals surface area contributed by atoms with Gasteiger partial charge >= 0.3 is 6.18 Å². The van der Waals surface area contributed by atoms with Gasteiger partial charge in [-0.3, -0.25) is 9.59 Å². The maximum absolute atomic E-state index is 13.9. The van der Waals surface area contributed by atoms with Crippen molar-refractivity contribution < 1.29 is 32.3 Å². The number of carbonyl (C=O) groups is 2. The molecule has 1 aromatic carbocycles. The van der Waals surface area contributed by atoms with Crippen LogP contribution in [-0.2, 0) is 17.4 Å². The normalized spacial score (nSPS) is 19.3. The molecule has 12 heteroatoms. The third-order valence-electron chi connectivity index (χ3n) is 9.61. The van der Waals surface area contributed by atoms with E-state index in [2.05, 4.69) is 22.1 Å². The highest BCUT2D eigenvalue weighted by atomic mass is 19.4. The topological polar surface area (TPSA) is 103 Å². The van der Waals surface area contributed by atoms with E-state index in [0.717, 1.165) is 44.9 Å². The number of ketones is 1. The smallest absolute Gasteiger partial charge is 0.420 e. The Kier molecular flexibility index (Phi) is 9.62. The first-order valence-electron chi connectivity index (χ1n) is 16.2. The number of pyridine rings is 1. The van der Waals surface area contributed by atoms with Crippen LogP contribution in [0.15, 0.2) is 53.1 Å². The number of aromatic nitrogens is 2. The molecule has 3 aromatic rings. The molecule has 2 aliphatic heterocycles. The summed E-state index contributed by atoms with van der Waals surface area (Å²) in [7, 11) is 0. The van der Waals surface area contributed by atoms with E-state index in [1.165, 1.54) is 11.8 Å². The van der Waals surface area contributed by atoms with Gasteiger partial charge in [0, 0.05) is 51.9 Å². The third kappa shape index (κ3) is 7.22. The Morgan fingerprint density at radius 1 is 0.891 bits per heavy atom. The number of hydrogen-bond acceptors (Lipinski definition) is 8. The SMILES string of the molecule is O=C(Cc1ccc(N2CCN(C(=O)[C@H](O)C3CCCCC3)CC2)nc1)c1oc(N2CCC(c3ccccc3)CC2)nc1C(F)(F)F. The van der Waals surface area contributed by atoms with Crippen molar-refractivity contribution in [1.29, 1.82) is 0 Å². The largest absolute Gasteiger partial charge is 0.437 e. The molecule has 3 fully saturated rings. The number of anilines is 2. The summed E-state index contributed by atoms with van der Waals surface area (Å²) in [4.78, 5) is 39.6. The zero-order chi connectivity index (χ0) is 32.3. The summed E-state index contributed by atoms with van der Waals surface area (Å²) >= 11 is 0. The second kappa shape index (κ2) is 13.8. The minimum atomic E-state index is -4.84. The molecule has 1 amide bonds. The van der Waals surface area contributed by atoms with Crippen LogP contribution in [0.5, 0.6) is 0 Å². The Bertz CT molecular complexity index is 1470. The lowest BCUT2D eigenvalue weighted by molar-refractivity contribution is -0.144. The van der Waals surface area contributed by atoms with E-state index in [0.29, 0.717) is 56.6 Å². The standard InChI is InChI=1S/C34H40F3N5O4/c35-34(36,37)31-30(46-33(39-31)42-15-13-25(14-16-42)24-7-3-1-4-8-24)27(43)21-23-11-12-28(38-22-23)40-17-19-41(20-18-40)32(45)29(44)26-9-5-2-6-10-26/h1,3-4,7-8,11-12,22,25-26,29,44H,2,5-6,9-10,13-21H2/t29-/m1/s1. The van der Waals surface area contributed by atoms with Crippen molar-refractivity contribution in [3.8, 4) is 0 Å². The Balaban J connectivity index is 1.05. The molecular formula is C34H40F3N5O4. The molecule has 9 nitrogen and oxygen atoms in total. The lowest BCUT2D eigenvalue weighted by atomic mass is 9.85. The number of piperazine rings is 1. The Labute approximate surface area is 266 Å². The van der Waals surface area contributed by atoms with Gasteiger partial charge in [-0.05, 0) is 54.7 Å². The molecular weight excluding hydrogens is 599 g/mol. The van der Waals surface area contributed by atoms with E-state index in [1.54, 1.807) is 21.9 Å². The Hall–Kier alpha value is -3.93. The van der Waals surface area contributed by atoms with E-state index < -0.39 is 29.5 Å². The second-order valence-electron chi connectivity index (χ2n) is 12.6. The molecule has 0 spiro atoms. The lowest BCUT2D eigenvalue weighted by Crippen LogP contribution is -2.53. The third-order valence-corrected chi connectivity index (χ3v) is 9.61. The molecule has 6 rings (SSSR count). The number of benzene rings is 1. The summed E-state index contributed by atoms with van der Waals surface area (Å²) in [6, 6.07) is 13.2. The first-order valence-corrected chi connectivity index (χ1v) is 16.2. The van der Waals surface area contributed by atoms with E-state index >= 15 is 0 Å². The van der Waals surface area contributed by atoms with Gasteiger partial charge in [-0.25, -0.2) is 4.98 Å². The van der Waals surface area contributed by atoms with Gasteiger partial charge in [0.2, 0.25) is 11.5 Å². The van der Waals surface area contributed by atoms with E-state index in [-0.39, 0.29) is 24.3 Å². The fourth-order valence-electron chi connectivity index (χ4n) is 6.92. The maximum atomic E-state index is 13.9. The summed E-state index contributed by atoms with van der Waals surface area (Å²) in [5.41, 5.74) is 0.347. The van der Waals surface area contributed by atoms with Crippen LogP contribution in [0.2, 0.25) is 0 Å². The fourth-order valence-corrected chi connectivity index (χ4v) is 6.92. The summed E-state index contributed by atoms with van der Waals surface area (Å²) in [5.74, 6) is -0.829. The van der Waals surface area contributed by atoms with Crippen molar-refractivity contribution in [2.45, 2.75) is 69.6 Å². The summed E-state index contributed by atoms with van der Waals surface area (Å²) < 4.78 is 47.3. The molecule has 1 atom stereocenters. The predicted molar refractivity (Wildman–Crippen MR) is 166 cm³/mol. The number of piperidine rings is 1. The first-order chi connectivity index (χ1) is 22.2. The van der Waals surface area contributed by atoms with Crippen LogP contribution in [0.4, 0.5) is 25.0 Å². The molecule has 4 heterocycles. The van der Waals surface area contributed by atoms with Crippen LogP contribution >= 0.6 is 0 Å². The van der Waals surface area contributed by atoms with Crippen molar-refractivity contribution in [3.63, 3.8) is 0 Å². The number of rotatable bonds is 8. The molecule has 1 aliphatic carbocycles. The molecule has 0 unspecified atom stereocenters. The Morgan fingerprint density at radius 2 is 1.59 bits per heavy atom. The summed E-state index contributed by atoms with van der Waals surface area (Å²) in [6.45, 7) is 2.93. The van der Waals surface area contributed by atoms with Gasteiger partial charge in [-0.1, -0.05) is 55.7 Å². The zero-order valence-electron chi connectivity index (χ0n) is 25.8. The molecule has 246 valence electrons. The zero-order valence-corrected chi connectivity index (χ0v) is 25.8. The second-order valence-corrected chi connectivity index (χ2v) is 12.6. The lowest BCUT2D eigenvalue weighted by Gasteiger charge is -2.37. The van der Waals surface area contributed by atoms with Crippen LogP contribution in [0.25, 0.3) is 0 Å². The molecule has 0 radical (unpaired) electrons. The Morgan fingerprint density at radius 3 is 2.22 bits per heavy atom. The fraction of sp³-hybridized carbons (Fsp3) is 0.529. The molecule has 3 aliphatic rings. The first kappa shape index (κ1) is 32.0. The van der Waals surface area contributed by atoms with E-state index in [9.17, 15) is 27.9 Å². The number of hydrogen-bond donors (Lipinski definition) is 1. The predicted octanol–water partition coefficient (Wildman–Crippen LogP) is 5.49. The van der Waals surface area contributed by atoms with Gasteiger partial charge in [0.15, 0.2) is 5.69 Å². The van der Waals surface area contributed by atoms with Gasteiger partial charge in [-0.15, -0.1) is 0 Å². The molecule has 1 N–H and O–H groups in total. The van der Waals surface area contributed by atoms with Crippen LogP contribution in [0, 0.1) is 5.92 Å². The van der Waals surface area contributed by atoms with Gasteiger partial charge in [0.25, 0.3) is 11.9 Å². The van der Waals surface area contributed by atoms with Crippen LogP contribution in [-0.4, -0.2) is 77.0 Å². The average Bonchev–Trinajstić information content (AvgIpc) is 3.56. The number of oxazole rings is 1. The van der Waals surface area contributed by atoms with Crippen molar-refractivity contribution in [2.75, 3.05) is 49.1 Å². The van der Waals surface area contributed by atoms with Gasteiger partial charge in [0.1, 0.15) is 11.9 Å².